The molecule has 6 heteroatoms. The smallest absolute Gasteiger partial charge is 0.266 e. The number of halogens is 1. The fourth-order valence-electron chi connectivity index (χ4n) is 2.35. The monoisotopic (exact) mass is 346 g/mol. The number of nitrogens with zero attached hydrogens (tertiary/aromatic N) is 1. The van der Waals surface area contributed by atoms with Gasteiger partial charge in [0, 0.05) is 22.9 Å². The molecule has 0 aliphatic carbocycles. The van der Waals surface area contributed by atoms with E-state index in [2.05, 4.69) is 4.98 Å². The van der Waals surface area contributed by atoms with E-state index in [0.717, 1.165) is 6.42 Å². The highest BCUT2D eigenvalue weighted by atomic mass is 35.5. The van der Waals surface area contributed by atoms with Gasteiger partial charge in [-0.25, -0.2) is 0 Å². The lowest BCUT2D eigenvalue weighted by Crippen LogP contribution is -2.13. The van der Waals surface area contributed by atoms with Crippen molar-refractivity contribution in [1.82, 2.24) is 4.98 Å². The van der Waals surface area contributed by atoms with E-state index in [4.69, 9.17) is 21.1 Å². The Kier molecular flexibility index (Phi) is 5.88. The predicted octanol–water partition coefficient (Wildman–Crippen LogP) is 4.06. The standard InChI is InChI=1S/C18H19ClN2O3/c1-4-6-24-17-9-15(19)13(8-16(17)23-5-2)12-7-11(3)21-18(22)14(12)10-20/h7-9H,4-6H2,1-3H3,(H,21,22). The van der Waals surface area contributed by atoms with E-state index in [1.54, 1.807) is 25.1 Å². The Hall–Kier alpha value is -2.45. The molecule has 1 heterocycles. The lowest BCUT2D eigenvalue weighted by Gasteiger charge is -2.15. The zero-order valence-electron chi connectivity index (χ0n) is 13.9. The number of benzene rings is 1. The summed E-state index contributed by atoms with van der Waals surface area (Å²) >= 11 is 6.39. The third-order valence-corrected chi connectivity index (χ3v) is 3.68. The first-order valence-electron chi connectivity index (χ1n) is 7.75. The van der Waals surface area contributed by atoms with Gasteiger partial charge in [-0.2, -0.15) is 5.26 Å². The minimum absolute atomic E-state index is 0.0205. The minimum Gasteiger partial charge on any atom is -0.490 e. The van der Waals surface area contributed by atoms with Gasteiger partial charge in [-0.3, -0.25) is 4.79 Å². The molecule has 1 aromatic heterocycles. The van der Waals surface area contributed by atoms with Crippen molar-refractivity contribution in [3.05, 3.63) is 44.8 Å². The summed E-state index contributed by atoms with van der Waals surface area (Å²) < 4.78 is 11.3. The number of aromatic nitrogens is 1. The van der Waals surface area contributed by atoms with Crippen LogP contribution in [0.2, 0.25) is 5.02 Å². The SMILES string of the molecule is CCCOc1cc(Cl)c(-c2cc(C)[nH]c(=O)c2C#N)cc1OCC. The zero-order valence-corrected chi connectivity index (χ0v) is 14.7. The Morgan fingerprint density at radius 1 is 1.17 bits per heavy atom. The Morgan fingerprint density at radius 2 is 1.88 bits per heavy atom. The van der Waals surface area contributed by atoms with Crippen molar-refractivity contribution in [2.24, 2.45) is 0 Å². The summed E-state index contributed by atoms with van der Waals surface area (Å²) in [5, 5.41) is 9.71. The van der Waals surface area contributed by atoms with Gasteiger partial charge in [0.15, 0.2) is 11.5 Å². The van der Waals surface area contributed by atoms with E-state index in [-0.39, 0.29) is 5.56 Å². The van der Waals surface area contributed by atoms with Crippen LogP contribution >= 0.6 is 11.6 Å². The molecular formula is C18H19ClN2O3. The van der Waals surface area contributed by atoms with Crippen LogP contribution in [0.1, 0.15) is 31.5 Å². The van der Waals surface area contributed by atoms with Crippen molar-refractivity contribution < 1.29 is 9.47 Å². The molecule has 0 atom stereocenters. The van der Waals surface area contributed by atoms with Gasteiger partial charge in [0.2, 0.25) is 0 Å². The molecule has 5 nitrogen and oxygen atoms in total. The first-order valence-corrected chi connectivity index (χ1v) is 8.13. The van der Waals surface area contributed by atoms with E-state index in [1.807, 2.05) is 19.9 Å². The summed E-state index contributed by atoms with van der Waals surface area (Å²) in [6, 6.07) is 7.04. The Bertz CT molecular complexity index is 837. The molecule has 0 saturated heterocycles. The van der Waals surface area contributed by atoms with Crippen molar-refractivity contribution in [1.29, 1.82) is 5.26 Å². The third-order valence-electron chi connectivity index (χ3n) is 3.36. The average Bonchev–Trinajstić information content (AvgIpc) is 2.54. The molecule has 0 unspecified atom stereocenters. The van der Waals surface area contributed by atoms with Crippen molar-refractivity contribution >= 4 is 11.6 Å². The van der Waals surface area contributed by atoms with Crippen molar-refractivity contribution in [2.45, 2.75) is 27.2 Å². The van der Waals surface area contributed by atoms with Gasteiger partial charge in [-0.1, -0.05) is 18.5 Å². The van der Waals surface area contributed by atoms with Gasteiger partial charge in [-0.15, -0.1) is 0 Å². The van der Waals surface area contributed by atoms with Crippen LogP contribution < -0.4 is 15.0 Å². The van der Waals surface area contributed by atoms with Crippen LogP contribution in [0.4, 0.5) is 0 Å². The number of hydrogen-bond donors (Lipinski definition) is 1. The first kappa shape index (κ1) is 17.9. The van der Waals surface area contributed by atoms with Crippen molar-refractivity contribution in [3.8, 4) is 28.7 Å². The number of hydrogen-bond acceptors (Lipinski definition) is 4. The third kappa shape index (κ3) is 3.72. The number of aromatic amines is 1. The van der Waals surface area contributed by atoms with Gasteiger partial charge < -0.3 is 14.5 Å². The van der Waals surface area contributed by atoms with Crippen LogP contribution in [0, 0.1) is 18.3 Å². The summed E-state index contributed by atoms with van der Waals surface area (Å²) in [7, 11) is 0. The molecule has 0 aliphatic rings. The van der Waals surface area contributed by atoms with E-state index < -0.39 is 5.56 Å². The molecule has 0 aliphatic heterocycles. The van der Waals surface area contributed by atoms with E-state index in [0.29, 0.717) is 46.6 Å². The number of H-pyrrole nitrogens is 1. The molecule has 2 rings (SSSR count). The summed E-state index contributed by atoms with van der Waals surface area (Å²) in [4.78, 5) is 14.6. The molecule has 0 saturated carbocycles. The maximum Gasteiger partial charge on any atom is 0.266 e. The van der Waals surface area contributed by atoms with Crippen LogP contribution in [0.5, 0.6) is 11.5 Å². The lowest BCUT2D eigenvalue weighted by molar-refractivity contribution is 0.277. The second-order valence-electron chi connectivity index (χ2n) is 5.24. The minimum atomic E-state index is -0.437. The number of ether oxygens (including phenoxy) is 2. The van der Waals surface area contributed by atoms with Crippen LogP contribution in [-0.2, 0) is 0 Å². The van der Waals surface area contributed by atoms with Crippen molar-refractivity contribution in [2.75, 3.05) is 13.2 Å². The summed E-state index contributed by atoms with van der Waals surface area (Å²) in [6.45, 7) is 6.64. The van der Waals surface area contributed by atoms with E-state index in [9.17, 15) is 10.1 Å². The number of nitrogens with one attached hydrogen (secondary N) is 1. The van der Waals surface area contributed by atoms with E-state index >= 15 is 0 Å². The van der Waals surface area contributed by atoms with Gasteiger partial charge in [-0.05, 0) is 32.4 Å². The van der Waals surface area contributed by atoms with E-state index in [1.165, 1.54) is 0 Å². The second-order valence-corrected chi connectivity index (χ2v) is 5.65. The molecule has 0 bridgehead atoms. The van der Waals surface area contributed by atoms with Crippen molar-refractivity contribution in [3.63, 3.8) is 0 Å². The van der Waals surface area contributed by atoms with Gasteiger partial charge >= 0.3 is 0 Å². The highest BCUT2D eigenvalue weighted by Gasteiger charge is 2.17. The number of rotatable bonds is 6. The summed E-state index contributed by atoms with van der Waals surface area (Å²) in [5.41, 5.74) is 1.27. The maximum atomic E-state index is 12.0. The zero-order chi connectivity index (χ0) is 17.7. The van der Waals surface area contributed by atoms with Crippen LogP contribution in [0.3, 0.4) is 0 Å². The summed E-state index contributed by atoms with van der Waals surface area (Å²) in [6.07, 6.45) is 0.858. The lowest BCUT2D eigenvalue weighted by atomic mass is 10.0. The molecule has 0 amide bonds. The Morgan fingerprint density at radius 3 is 2.50 bits per heavy atom. The molecule has 0 fully saturated rings. The van der Waals surface area contributed by atoms with Gasteiger partial charge in [0.05, 0.1) is 18.2 Å². The molecular weight excluding hydrogens is 328 g/mol. The summed E-state index contributed by atoms with van der Waals surface area (Å²) in [5.74, 6) is 1.08. The topological polar surface area (TPSA) is 75.1 Å². The molecule has 1 aromatic carbocycles. The quantitative estimate of drug-likeness (QED) is 0.855. The Labute approximate surface area is 145 Å². The van der Waals surface area contributed by atoms with Crippen LogP contribution in [0.15, 0.2) is 23.0 Å². The fourth-order valence-corrected chi connectivity index (χ4v) is 2.60. The molecule has 2 aromatic rings. The number of nitriles is 1. The normalized spacial score (nSPS) is 10.3. The number of pyridine rings is 1. The largest absolute Gasteiger partial charge is 0.490 e. The predicted molar refractivity (Wildman–Crippen MR) is 93.9 cm³/mol. The number of aryl methyl sites for hydroxylation is 1. The van der Waals surface area contributed by atoms with Gasteiger partial charge in [0.1, 0.15) is 11.6 Å². The first-order chi connectivity index (χ1) is 11.5. The fraction of sp³-hybridized carbons (Fsp3) is 0.333. The maximum absolute atomic E-state index is 12.0. The molecule has 1 N–H and O–H groups in total. The van der Waals surface area contributed by atoms with Crippen LogP contribution in [0.25, 0.3) is 11.1 Å². The van der Waals surface area contributed by atoms with Gasteiger partial charge in [0.25, 0.3) is 5.56 Å². The second kappa shape index (κ2) is 7.89. The molecule has 126 valence electrons. The molecule has 0 radical (unpaired) electrons. The molecule has 24 heavy (non-hydrogen) atoms. The Balaban J connectivity index is 2.66. The van der Waals surface area contributed by atoms with Crippen LogP contribution in [-0.4, -0.2) is 18.2 Å². The molecule has 0 spiro atoms. The average molecular weight is 347 g/mol. The highest BCUT2D eigenvalue weighted by molar-refractivity contribution is 6.33. The highest BCUT2D eigenvalue weighted by Crippen LogP contribution is 2.39.